The zero-order valence-corrected chi connectivity index (χ0v) is 13.8. The third-order valence-corrected chi connectivity index (χ3v) is 4.57. The Balaban J connectivity index is 1.88. The van der Waals surface area contributed by atoms with Gasteiger partial charge in [-0.2, -0.15) is 0 Å². The Hall–Kier alpha value is -2.40. The van der Waals surface area contributed by atoms with Crippen LogP contribution in [0.2, 0.25) is 0 Å². The van der Waals surface area contributed by atoms with Gasteiger partial charge in [0.05, 0.1) is 12.1 Å². The summed E-state index contributed by atoms with van der Waals surface area (Å²) in [5.74, 6) is -0.143. The Labute approximate surface area is 141 Å². The minimum absolute atomic E-state index is 0.00154. The average Bonchev–Trinajstić information content (AvgIpc) is 2.62. The van der Waals surface area contributed by atoms with Gasteiger partial charge in [-0.25, -0.2) is 0 Å². The molecule has 2 heterocycles. The molecule has 1 fully saturated rings. The second kappa shape index (κ2) is 7.45. The predicted octanol–water partition coefficient (Wildman–Crippen LogP) is 2.24. The minimum atomic E-state index is -0.263. The smallest absolute Gasteiger partial charge is 0.270 e. The fourth-order valence-electron chi connectivity index (χ4n) is 3.37. The van der Waals surface area contributed by atoms with E-state index >= 15 is 0 Å². The molecule has 2 atom stereocenters. The number of hydrogen-bond acceptors (Lipinski definition) is 3. The van der Waals surface area contributed by atoms with Crippen molar-refractivity contribution in [2.24, 2.45) is 0 Å². The first-order chi connectivity index (χ1) is 11.7. The highest BCUT2D eigenvalue weighted by Crippen LogP contribution is 2.24. The third-order valence-electron chi connectivity index (χ3n) is 4.57. The second-order valence-corrected chi connectivity index (χ2v) is 6.10. The maximum Gasteiger partial charge on any atom is 0.270 e. The summed E-state index contributed by atoms with van der Waals surface area (Å²) < 4.78 is 5.65. The summed E-state index contributed by atoms with van der Waals surface area (Å²) in [4.78, 5) is 28.9. The van der Waals surface area contributed by atoms with Gasteiger partial charge in [0.1, 0.15) is 5.69 Å². The number of aromatic amines is 1. The van der Waals surface area contributed by atoms with Crippen LogP contribution in [0.1, 0.15) is 28.9 Å². The van der Waals surface area contributed by atoms with Gasteiger partial charge in [-0.3, -0.25) is 9.59 Å². The molecule has 5 heteroatoms. The lowest BCUT2D eigenvalue weighted by Crippen LogP contribution is -2.53. The van der Waals surface area contributed by atoms with Gasteiger partial charge in [-0.05, 0) is 30.9 Å². The SMILES string of the molecule is CO[C@H]1CCCN(C(=O)c2cccc(=O)[nH]2)[C@H]1Cc1ccccc1. The van der Waals surface area contributed by atoms with Crippen LogP contribution in [0.4, 0.5) is 0 Å². The molecule has 24 heavy (non-hydrogen) atoms. The molecule has 1 aliphatic heterocycles. The Morgan fingerprint density at radius 2 is 2.00 bits per heavy atom. The summed E-state index contributed by atoms with van der Waals surface area (Å²) in [6, 6.07) is 14.7. The van der Waals surface area contributed by atoms with Crippen molar-refractivity contribution in [2.45, 2.75) is 31.4 Å². The Morgan fingerprint density at radius 3 is 2.71 bits per heavy atom. The molecule has 1 saturated heterocycles. The molecule has 0 bridgehead atoms. The summed E-state index contributed by atoms with van der Waals surface area (Å²) in [7, 11) is 1.70. The van der Waals surface area contributed by atoms with Crippen LogP contribution in [0.3, 0.4) is 0 Å². The van der Waals surface area contributed by atoms with Gasteiger partial charge in [0, 0.05) is 19.7 Å². The molecule has 1 aliphatic rings. The largest absolute Gasteiger partial charge is 0.379 e. The van der Waals surface area contributed by atoms with Crippen molar-refractivity contribution in [1.29, 1.82) is 0 Å². The number of nitrogens with zero attached hydrogens (tertiary/aromatic N) is 1. The molecule has 0 unspecified atom stereocenters. The van der Waals surface area contributed by atoms with Crippen LogP contribution >= 0.6 is 0 Å². The molecule has 1 N–H and O–H groups in total. The van der Waals surface area contributed by atoms with Crippen LogP contribution < -0.4 is 5.56 Å². The van der Waals surface area contributed by atoms with Crippen molar-refractivity contribution in [3.63, 3.8) is 0 Å². The number of rotatable bonds is 4. The maximum atomic E-state index is 12.9. The second-order valence-electron chi connectivity index (χ2n) is 6.10. The number of likely N-dealkylation sites (tertiary alicyclic amines) is 1. The van der Waals surface area contributed by atoms with Crippen LogP contribution in [-0.2, 0) is 11.2 Å². The first kappa shape index (κ1) is 16.5. The fourth-order valence-corrected chi connectivity index (χ4v) is 3.37. The summed E-state index contributed by atoms with van der Waals surface area (Å²) in [6.07, 6.45) is 2.57. The number of amides is 1. The molecular formula is C19H22N2O3. The number of benzene rings is 1. The number of ether oxygens (including phenoxy) is 1. The Morgan fingerprint density at radius 1 is 1.21 bits per heavy atom. The van der Waals surface area contributed by atoms with Gasteiger partial charge < -0.3 is 14.6 Å². The number of aromatic nitrogens is 1. The van der Waals surface area contributed by atoms with Crippen molar-refractivity contribution in [1.82, 2.24) is 9.88 Å². The Kier molecular flexibility index (Phi) is 5.11. The summed E-state index contributed by atoms with van der Waals surface area (Å²) in [5, 5.41) is 0. The molecule has 0 spiro atoms. The molecular weight excluding hydrogens is 304 g/mol. The fraction of sp³-hybridized carbons (Fsp3) is 0.368. The highest BCUT2D eigenvalue weighted by atomic mass is 16.5. The van der Waals surface area contributed by atoms with Gasteiger partial charge in [0.15, 0.2) is 0 Å². The monoisotopic (exact) mass is 326 g/mol. The normalized spacial score (nSPS) is 20.8. The zero-order valence-electron chi connectivity index (χ0n) is 13.8. The van der Waals surface area contributed by atoms with Gasteiger partial charge in [0.25, 0.3) is 5.91 Å². The van der Waals surface area contributed by atoms with E-state index in [1.165, 1.54) is 11.6 Å². The van der Waals surface area contributed by atoms with Crippen LogP contribution in [0.25, 0.3) is 0 Å². The predicted molar refractivity (Wildman–Crippen MR) is 92.1 cm³/mol. The molecule has 5 nitrogen and oxygen atoms in total. The first-order valence-corrected chi connectivity index (χ1v) is 8.26. The molecule has 3 rings (SSSR count). The van der Waals surface area contributed by atoms with E-state index in [-0.39, 0.29) is 23.6 Å². The van der Waals surface area contributed by atoms with Crippen molar-refractivity contribution < 1.29 is 9.53 Å². The van der Waals surface area contributed by atoms with Gasteiger partial charge >= 0.3 is 0 Å². The standard InChI is InChI=1S/C19H22N2O3/c1-24-17-10-6-12-21(16(17)13-14-7-3-2-4-8-14)19(23)15-9-5-11-18(22)20-15/h2-5,7-9,11,16-17H,6,10,12-13H2,1H3,(H,20,22)/t16-,17-/m0/s1. The zero-order chi connectivity index (χ0) is 16.9. The molecule has 0 radical (unpaired) electrons. The number of methoxy groups -OCH3 is 1. The van der Waals surface area contributed by atoms with Crippen LogP contribution in [-0.4, -0.2) is 41.6 Å². The molecule has 1 amide bonds. The maximum absolute atomic E-state index is 12.9. The van der Waals surface area contributed by atoms with E-state index in [0.29, 0.717) is 12.2 Å². The first-order valence-electron chi connectivity index (χ1n) is 8.26. The summed E-state index contributed by atoms with van der Waals surface area (Å²) in [5.41, 5.74) is 1.24. The van der Waals surface area contributed by atoms with Crippen LogP contribution in [0.5, 0.6) is 0 Å². The lowest BCUT2D eigenvalue weighted by Gasteiger charge is -2.40. The molecule has 1 aromatic heterocycles. The van der Waals surface area contributed by atoms with Crippen molar-refractivity contribution in [2.75, 3.05) is 13.7 Å². The van der Waals surface area contributed by atoms with Crippen LogP contribution in [0, 0.1) is 0 Å². The summed E-state index contributed by atoms with van der Waals surface area (Å²) in [6.45, 7) is 0.674. The average molecular weight is 326 g/mol. The number of carbonyl (C=O) groups is 1. The van der Waals surface area contributed by atoms with Crippen molar-refractivity contribution in [3.8, 4) is 0 Å². The van der Waals surface area contributed by atoms with E-state index in [0.717, 1.165) is 19.3 Å². The van der Waals surface area contributed by atoms with Crippen molar-refractivity contribution in [3.05, 3.63) is 70.1 Å². The molecule has 1 aromatic carbocycles. The highest BCUT2D eigenvalue weighted by molar-refractivity contribution is 5.92. The lowest BCUT2D eigenvalue weighted by molar-refractivity contribution is -0.0120. The van der Waals surface area contributed by atoms with E-state index in [4.69, 9.17) is 4.74 Å². The highest BCUT2D eigenvalue weighted by Gasteiger charge is 2.35. The van der Waals surface area contributed by atoms with E-state index in [1.807, 2.05) is 23.1 Å². The van der Waals surface area contributed by atoms with E-state index in [2.05, 4.69) is 17.1 Å². The number of carbonyl (C=O) groups excluding carboxylic acids is 1. The Bertz CT molecular complexity index is 742. The minimum Gasteiger partial charge on any atom is -0.379 e. The van der Waals surface area contributed by atoms with E-state index < -0.39 is 0 Å². The lowest BCUT2D eigenvalue weighted by atomic mass is 9.92. The van der Waals surface area contributed by atoms with Gasteiger partial charge in [-0.15, -0.1) is 0 Å². The van der Waals surface area contributed by atoms with E-state index in [9.17, 15) is 9.59 Å². The number of H-pyrrole nitrogens is 1. The topological polar surface area (TPSA) is 62.4 Å². The summed E-state index contributed by atoms with van der Waals surface area (Å²) >= 11 is 0. The number of hydrogen-bond donors (Lipinski definition) is 1. The molecule has 126 valence electrons. The number of pyridine rings is 1. The van der Waals surface area contributed by atoms with Gasteiger partial charge in [0.2, 0.25) is 5.56 Å². The quantitative estimate of drug-likeness (QED) is 0.937. The number of nitrogens with one attached hydrogen (secondary N) is 1. The van der Waals surface area contributed by atoms with Crippen molar-refractivity contribution >= 4 is 5.91 Å². The third kappa shape index (κ3) is 3.57. The number of piperidine rings is 1. The molecule has 0 saturated carbocycles. The van der Waals surface area contributed by atoms with E-state index in [1.54, 1.807) is 19.2 Å². The van der Waals surface area contributed by atoms with Crippen LogP contribution in [0.15, 0.2) is 53.3 Å². The molecule has 2 aromatic rings. The van der Waals surface area contributed by atoms with Gasteiger partial charge in [-0.1, -0.05) is 36.4 Å². The molecule has 0 aliphatic carbocycles.